The van der Waals surface area contributed by atoms with Crippen molar-refractivity contribution in [3.8, 4) is 6.07 Å². The number of thioether (sulfide) groups is 1. The van der Waals surface area contributed by atoms with Gasteiger partial charge in [0.25, 0.3) is 5.56 Å². The highest BCUT2D eigenvalue weighted by atomic mass is 32.2. The van der Waals surface area contributed by atoms with Crippen molar-refractivity contribution in [1.82, 2.24) is 14.5 Å². The Labute approximate surface area is 171 Å². The van der Waals surface area contributed by atoms with Crippen LogP contribution < -0.4 is 5.56 Å². The van der Waals surface area contributed by atoms with Crippen LogP contribution in [0.15, 0.2) is 28.2 Å². The standard InChI is InChI=1S/C19H22N4O5S/c1-12(24)10-23-17(26)14-6-5-13(18(27)28-3)9-15(14)21-19(23)29-11-16(25)22(2)8-4-7-20/h5-6,9,12,24H,4,8,10-11H2,1-3H3/t12-/m0/s1. The number of amides is 1. The van der Waals surface area contributed by atoms with Crippen LogP contribution in [0.1, 0.15) is 23.7 Å². The summed E-state index contributed by atoms with van der Waals surface area (Å²) >= 11 is 1.06. The summed E-state index contributed by atoms with van der Waals surface area (Å²) in [4.78, 5) is 42.8. The number of nitrogens with zero attached hydrogens (tertiary/aromatic N) is 4. The molecule has 2 rings (SSSR count). The van der Waals surface area contributed by atoms with E-state index in [0.717, 1.165) is 11.8 Å². The lowest BCUT2D eigenvalue weighted by atomic mass is 10.1. The Morgan fingerprint density at radius 1 is 1.45 bits per heavy atom. The van der Waals surface area contributed by atoms with Crippen LogP contribution in [-0.4, -0.2) is 64.0 Å². The van der Waals surface area contributed by atoms with E-state index in [1.165, 1.54) is 34.8 Å². The van der Waals surface area contributed by atoms with Crippen LogP contribution in [0.3, 0.4) is 0 Å². The third-order valence-electron chi connectivity index (χ3n) is 4.10. The minimum Gasteiger partial charge on any atom is -0.465 e. The van der Waals surface area contributed by atoms with Gasteiger partial charge >= 0.3 is 5.97 Å². The van der Waals surface area contributed by atoms with Crippen molar-refractivity contribution >= 4 is 34.5 Å². The molecule has 0 saturated heterocycles. The number of carbonyl (C=O) groups excluding carboxylic acids is 2. The second-order valence-corrected chi connectivity index (χ2v) is 7.34. The summed E-state index contributed by atoms with van der Waals surface area (Å²) in [6, 6.07) is 6.41. The van der Waals surface area contributed by atoms with E-state index < -0.39 is 12.1 Å². The molecule has 1 N–H and O–H groups in total. The van der Waals surface area contributed by atoms with Gasteiger partial charge in [0.2, 0.25) is 5.91 Å². The van der Waals surface area contributed by atoms with Gasteiger partial charge in [-0.3, -0.25) is 14.2 Å². The fourth-order valence-corrected chi connectivity index (χ4v) is 3.51. The van der Waals surface area contributed by atoms with Crippen molar-refractivity contribution in [2.45, 2.75) is 31.1 Å². The maximum atomic E-state index is 12.9. The molecule has 0 fully saturated rings. The Morgan fingerprint density at radius 2 is 2.17 bits per heavy atom. The Hall–Kier alpha value is -2.90. The van der Waals surface area contributed by atoms with E-state index >= 15 is 0 Å². The fourth-order valence-electron chi connectivity index (χ4n) is 2.56. The van der Waals surface area contributed by atoms with Gasteiger partial charge in [-0.1, -0.05) is 11.8 Å². The number of rotatable bonds is 8. The van der Waals surface area contributed by atoms with Crippen molar-refractivity contribution in [1.29, 1.82) is 5.26 Å². The lowest BCUT2D eigenvalue weighted by Gasteiger charge is -2.17. The molecule has 29 heavy (non-hydrogen) atoms. The van der Waals surface area contributed by atoms with Crippen LogP contribution in [0.25, 0.3) is 10.9 Å². The normalized spacial score (nSPS) is 11.7. The molecular weight excluding hydrogens is 396 g/mol. The van der Waals surface area contributed by atoms with Crippen molar-refractivity contribution < 1.29 is 19.4 Å². The molecule has 1 aromatic heterocycles. The van der Waals surface area contributed by atoms with Gasteiger partial charge in [0, 0.05) is 13.6 Å². The number of aromatic nitrogens is 2. The Kier molecular flexibility index (Phi) is 7.75. The molecule has 1 amide bonds. The van der Waals surface area contributed by atoms with E-state index in [-0.39, 0.29) is 40.9 Å². The van der Waals surface area contributed by atoms with Gasteiger partial charge < -0.3 is 14.7 Å². The number of esters is 1. The largest absolute Gasteiger partial charge is 0.465 e. The number of nitriles is 1. The van der Waals surface area contributed by atoms with Gasteiger partial charge in [0.15, 0.2) is 5.16 Å². The van der Waals surface area contributed by atoms with Crippen LogP contribution in [-0.2, 0) is 16.1 Å². The van der Waals surface area contributed by atoms with Crippen molar-refractivity contribution in [3.63, 3.8) is 0 Å². The van der Waals surface area contributed by atoms with Crippen LogP contribution >= 0.6 is 11.8 Å². The topological polar surface area (TPSA) is 126 Å². The van der Waals surface area contributed by atoms with Crippen molar-refractivity contribution in [2.75, 3.05) is 26.5 Å². The van der Waals surface area contributed by atoms with Gasteiger partial charge in [-0.25, -0.2) is 9.78 Å². The molecule has 1 aromatic carbocycles. The lowest BCUT2D eigenvalue weighted by Crippen LogP contribution is -2.31. The molecule has 10 heteroatoms. The van der Waals surface area contributed by atoms with E-state index in [2.05, 4.69) is 4.98 Å². The summed E-state index contributed by atoms with van der Waals surface area (Å²) in [5.74, 6) is -0.756. The average molecular weight is 418 g/mol. The second-order valence-electron chi connectivity index (χ2n) is 6.39. The van der Waals surface area contributed by atoms with Gasteiger partial charge in [0.1, 0.15) is 0 Å². The first-order valence-corrected chi connectivity index (χ1v) is 9.81. The minimum absolute atomic E-state index is 0.0103. The summed E-state index contributed by atoms with van der Waals surface area (Å²) in [7, 11) is 2.86. The average Bonchev–Trinajstić information content (AvgIpc) is 2.71. The molecule has 154 valence electrons. The first-order chi connectivity index (χ1) is 13.8. The molecule has 0 aliphatic heterocycles. The molecule has 0 unspecified atom stereocenters. The molecule has 1 heterocycles. The zero-order valence-corrected chi connectivity index (χ0v) is 17.2. The second kappa shape index (κ2) is 10.0. The molecule has 0 bridgehead atoms. The molecular formula is C19H22N4O5S. The first-order valence-electron chi connectivity index (χ1n) is 8.83. The molecule has 0 saturated carbocycles. The SMILES string of the molecule is COC(=O)c1ccc2c(=O)n(C[C@H](C)O)c(SCC(=O)N(C)CCC#N)nc2c1. The number of hydrogen-bond acceptors (Lipinski definition) is 8. The number of ether oxygens (including phenoxy) is 1. The molecule has 9 nitrogen and oxygen atoms in total. The quantitative estimate of drug-likeness (QED) is 0.383. The molecule has 0 radical (unpaired) electrons. The Bertz CT molecular complexity index is 1010. The van der Waals surface area contributed by atoms with E-state index in [9.17, 15) is 19.5 Å². The van der Waals surface area contributed by atoms with Crippen LogP contribution in [0.4, 0.5) is 0 Å². The third-order valence-corrected chi connectivity index (χ3v) is 5.06. The maximum absolute atomic E-state index is 12.9. The van der Waals surface area contributed by atoms with Gasteiger partial charge in [-0.2, -0.15) is 5.26 Å². The number of methoxy groups -OCH3 is 1. The monoisotopic (exact) mass is 418 g/mol. The summed E-state index contributed by atoms with van der Waals surface area (Å²) in [5.41, 5.74) is 0.177. The van der Waals surface area contributed by atoms with Crippen LogP contribution in [0, 0.1) is 11.3 Å². The fraction of sp³-hybridized carbons (Fsp3) is 0.421. The molecule has 0 aliphatic carbocycles. The highest BCUT2D eigenvalue weighted by Crippen LogP contribution is 2.20. The number of fused-ring (bicyclic) bond motifs is 1. The van der Waals surface area contributed by atoms with Crippen LogP contribution in [0.5, 0.6) is 0 Å². The van der Waals surface area contributed by atoms with Gasteiger partial charge in [-0.15, -0.1) is 0 Å². The van der Waals surface area contributed by atoms with Gasteiger partial charge in [0.05, 0.1) is 54.5 Å². The van der Waals surface area contributed by atoms with Gasteiger partial charge in [-0.05, 0) is 25.1 Å². The van der Waals surface area contributed by atoms with Crippen molar-refractivity contribution in [3.05, 3.63) is 34.1 Å². The number of aliphatic hydroxyl groups excluding tert-OH is 1. The molecule has 0 spiro atoms. The maximum Gasteiger partial charge on any atom is 0.337 e. The van der Waals surface area contributed by atoms with E-state index in [0.29, 0.717) is 17.4 Å². The predicted molar refractivity (Wildman–Crippen MR) is 108 cm³/mol. The minimum atomic E-state index is -0.797. The first kappa shape index (κ1) is 22.4. The summed E-state index contributed by atoms with van der Waals surface area (Å²) in [6.45, 7) is 1.87. The zero-order chi connectivity index (χ0) is 21.6. The summed E-state index contributed by atoms with van der Waals surface area (Å²) < 4.78 is 6.02. The number of benzene rings is 1. The third kappa shape index (κ3) is 5.56. The highest BCUT2D eigenvalue weighted by Gasteiger charge is 2.17. The van der Waals surface area contributed by atoms with Crippen LogP contribution in [0.2, 0.25) is 0 Å². The molecule has 2 aromatic rings. The summed E-state index contributed by atoms with van der Waals surface area (Å²) in [6.07, 6.45) is -0.570. The van der Waals surface area contributed by atoms with E-state index in [4.69, 9.17) is 10.00 Å². The lowest BCUT2D eigenvalue weighted by molar-refractivity contribution is -0.127. The van der Waals surface area contributed by atoms with E-state index in [1.807, 2.05) is 6.07 Å². The Morgan fingerprint density at radius 3 is 2.79 bits per heavy atom. The zero-order valence-electron chi connectivity index (χ0n) is 16.4. The molecule has 0 aliphatic rings. The number of hydrogen-bond donors (Lipinski definition) is 1. The summed E-state index contributed by atoms with van der Waals surface area (Å²) in [5, 5.41) is 19.0. The highest BCUT2D eigenvalue weighted by molar-refractivity contribution is 7.99. The number of carbonyl (C=O) groups is 2. The molecule has 1 atom stereocenters. The number of aliphatic hydroxyl groups is 1. The smallest absolute Gasteiger partial charge is 0.337 e. The predicted octanol–water partition coefficient (Wildman–Crippen LogP) is 1.03. The van der Waals surface area contributed by atoms with E-state index in [1.54, 1.807) is 14.0 Å². The Balaban J connectivity index is 2.42. The van der Waals surface area contributed by atoms with Crippen molar-refractivity contribution in [2.24, 2.45) is 0 Å².